The first kappa shape index (κ1) is 21.1. The van der Waals surface area contributed by atoms with Crippen molar-refractivity contribution in [3.05, 3.63) is 40.6 Å². The maximum Gasteiger partial charge on any atom is 0.414 e. The number of benzene rings is 1. The van der Waals surface area contributed by atoms with Gasteiger partial charge in [0.1, 0.15) is 5.60 Å². The SMILES string of the molecule is CC(C)n1ccnc1/N=C(/NC(=O)OC(C)(C)C)Nc1ccc(Cl)c(Cl)c1. The lowest BCUT2D eigenvalue weighted by molar-refractivity contribution is 0.0563. The van der Waals surface area contributed by atoms with Crippen LogP contribution in [0.1, 0.15) is 40.7 Å². The summed E-state index contributed by atoms with van der Waals surface area (Å²) in [5.74, 6) is 0.583. The average molecular weight is 412 g/mol. The molecule has 0 aliphatic rings. The van der Waals surface area contributed by atoms with Gasteiger partial charge in [-0.05, 0) is 52.8 Å². The highest BCUT2D eigenvalue weighted by Crippen LogP contribution is 2.25. The third-order valence-corrected chi connectivity index (χ3v) is 3.96. The highest BCUT2D eigenvalue weighted by molar-refractivity contribution is 6.42. The number of guanidine groups is 1. The Labute approximate surface area is 168 Å². The number of anilines is 1. The van der Waals surface area contributed by atoms with Crippen LogP contribution in [0.3, 0.4) is 0 Å². The molecule has 0 fully saturated rings. The Morgan fingerprint density at radius 2 is 1.96 bits per heavy atom. The van der Waals surface area contributed by atoms with E-state index in [0.29, 0.717) is 21.7 Å². The molecule has 2 N–H and O–H groups in total. The first-order valence-corrected chi connectivity index (χ1v) is 9.14. The van der Waals surface area contributed by atoms with E-state index in [1.807, 2.05) is 24.6 Å². The van der Waals surface area contributed by atoms with Crippen LogP contribution in [0.4, 0.5) is 16.4 Å². The van der Waals surface area contributed by atoms with Crippen LogP contribution >= 0.6 is 23.2 Å². The fraction of sp³-hybridized carbons (Fsp3) is 0.389. The first-order chi connectivity index (χ1) is 12.5. The summed E-state index contributed by atoms with van der Waals surface area (Å²) < 4.78 is 7.17. The van der Waals surface area contributed by atoms with Gasteiger partial charge < -0.3 is 14.6 Å². The topological polar surface area (TPSA) is 80.5 Å². The lowest BCUT2D eigenvalue weighted by atomic mass is 10.2. The van der Waals surface area contributed by atoms with Crippen LogP contribution in [0, 0.1) is 0 Å². The molecule has 146 valence electrons. The van der Waals surface area contributed by atoms with Crippen molar-refractivity contribution in [3.8, 4) is 0 Å². The molecule has 2 aromatic rings. The predicted octanol–water partition coefficient (Wildman–Crippen LogP) is 5.40. The largest absolute Gasteiger partial charge is 0.444 e. The Balaban J connectivity index is 2.32. The minimum Gasteiger partial charge on any atom is -0.444 e. The van der Waals surface area contributed by atoms with Gasteiger partial charge in [0.15, 0.2) is 0 Å². The van der Waals surface area contributed by atoms with Crippen molar-refractivity contribution in [1.29, 1.82) is 0 Å². The quantitative estimate of drug-likeness (QED) is 0.523. The number of aromatic nitrogens is 2. The van der Waals surface area contributed by atoms with Crippen molar-refractivity contribution in [2.24, 2.45) is 4.99 Å². The number of aliphatic imine (C=N–C) groups is 1. The van der Waals surface area contributed by atoms with Gasteiger partial charge in [-0.2, -0.15) is 4.99 Å². The van der Waals surface area contributed by atoms with Gasteiger partial charge in [0.25, 0.3) is 0 Å². The van der Waals surface area contributed by atoms with Crippen molar-refractivity contribution in [2.75, 3.05) is 5.32 Å². The first-order valence-electron chi connectivity index (χ1n) is 8.39. The molecular weight excluding hydrogens is 389 g/mol. The van der Waals surface area contributed by atoms with Crippen LogP contribution in [0.15, 0.2) is 35.6 Å². The molecule has 0 aliphatic heterocycles. The van der Waals surface area contributed by atoms with Crippen molar-refractivity contribution in [3.63, 3.8) is 0 Å². The van der Waals surface area contributed by atoms with E-state index < -0.39 is 11.7 Å². The zero-order valence-electron chi connectivity index (χ0n) is 15.9. The molecule has 0 unspecified atom stereocenters. The number of halogens is 2. The van der Waals surface area contributed by atoms with E-state index >= 15 is 0 Å². The molecule has 27 heavy (non-hydrogen) atoms. The molecular formula is C18H23Cl2N5O2. The third kappa shape index (κ3) is 6.45. The van der Waals surface area contributed by atoms with Crippen molar-refractivity contribution >= 4 is 46.9 Å². The highest BCUT2D eigenvalue weighted by Gasteiger charge is 2.18. The van der Waals surface area contributed by atoms with Crippen molar-refractivity contribution < 1.29 is 9.53 Å². The van der Waals surface area contributed by atoms with E-state index in [4.69, 9.17) is 27.9 Å². The molecule has 0 spiro atoms. The number of amides is 1. The number of ether oxygens (including phenoxy) is 1. The summed E-state index contributed by atoms with van der Waals surface area (Å²) in [6.45, 7) is 9.35. The van der Waals surface area contributed by atoms with Crippen LogP contribution in [0.25, 0.3) is 0 Å². The summed E-state index contributed by atoms with van der Waals surface area (Å²) in [4.78, 5) is 20.9. The monoisotopic (exact) mass is 411 g/mol. The predicted molar refractivity (Wildman–Crippen MR) is 109 cm³/mol. The number of nitrogens with zero attached hydrogens (tertiary/aromatic N) is 3. The fourth-order valence-corrected chi connectivity index (χ4v) is 2.39. The second-order valence-electron chi connectivity index (χ2n) is 7.07. The Morgan fingerprint density at radius 1 is 1.26 bits per heavy atom. The standard InChI is InChI=1S/C18H23Cl2N5O2/c1-11(2)25-9-8-21-16(25)23-15(24-17(26)27-18(3,4)5)22-12-6-7-13(19)14(20)10-12/h6-11H,1-5H3,(H2,21,22,23,24,26). The molecule has 0 saturated heterocycles. The van der Waals surface area contributed by atoms with Crippen LogP contribution in [0.5, 0.6) is 0 Å². The molecule has 0 aliphatic carbocycles. The number of carbonyl (C=O) groups excluding carboxylic acids is 1. The molecule has 1 heterocycles. The summed E-state index contributed by atoms with van der Waals surface area (Å²) in [6, 6.07) is 5.14. The molecule has 0 radical (unpaired) electrons. The molecule has 1 aromatic carbocycles. The number of nitrogens with one attached hydrogen (secondary N) is 2. The average Bonchev–Trinajstić information content (AvgIpc) is 2.97. The zero-order chi connectivity index (χ0) is 20.2. The van der Waals surface area contributed by atoms with E-state index in [1.54, 1.807) is 45.2 Å². The number of hydrogen-bond donors (Lipinski definition) is 2. The summed E-state index contributed by atoms with van der Waals surface area (Å²) in [7, 11) is 0. The van der Waals surface area contributed by atoms with Crippen molar-refractivity contribution in [2.45, 2.75) is 46.3 Å². The summed E-state index contributed by atoms with van der Waals surface area (Å²) in [6.07, 6.45) is 2.81. The lowest BCUT2D eigenvalue weighted by Crippen LogP contribution is -2.39. The van der Waals surface area contributed by atoms with E-state index in [2.05, 4.69) is 20.6 Å². The normalized spacial score (nSPS) is 12.2. The van der Waals surface area contributed by atoms with Crippen LogP contribution in [-0.4, -0.2) is 27.2 Å². The fourth-order valence-electron chi connectivity index (χ4n) is 2.09. The molecule has 0 bridgehead atoms. The van der Waals surface area contributed by atoms with E-state index in [9.17, 15) is 4.79 Å². The lowest BCUT2D eigenvalue weighted by Gasteiger charge is -2.20. The van der Waals surface area contributed by atoms with Crippen LogP contribution < -0.4 is 10.6 Å². The van der Waals surface area contributed by atoms with Gasteiger partial charge in [0, 0.05) is 24.1 Å². The van der Waals surface area contributed by atoms with E-state index in [-0.39, 0.29) is 12.0 Å². The van der Waals surface area contributed by atoms with Gasteiger partial charge in [-0.25, -0.2) is 9.78 Å². The zero-order valence-corrected chi connectivity index (χ0v) is 17.4. The summed E-state index contributed by atoms with van der Waals surface area (Å²) in [5.41, 5.74) is -0.0447. The Bertz CT molecular complexity index is 841. The third-order valence-electron chi connectivity index (χ3n) is 3.22. The minimum atomic E-state index is -0.644. The Hall–Kier alpha value is -2.25. The van der Waals surface area contributed by atoms with Crippen LogP contribution in [0.2, 0.25) is 10.0 Å². The van der Waals surface area contributed by atoms with Gasteiger partial charge in [-0.3, -0.25) is 5.32 Å². The molecule has 1 aromatic heterocycles. The van der Waals surface area contributed by atoms with Gasteiger partial charge in [-0.15, -0.1) is 0 Å². The van der Waals surface area contributed by atoms with Crippen LogP contribution in [-0.2, 0) is 4.74 Å². The number of rotatable bonds is 3. The molecule has 9 heteroatoms. The van der Waals surface area contributed by atoms with E-state index in [0.717, 1.165) is 0 Å². The smallest absolute Gasteiger partial charge is 0.414 e. The number of alkyl carbamates (subject to hydrolysis) is 1. The minimum absolute atomic E-state index is 0.149. The molecule has 0 atom stereocenters. The highest BCUT2D eigenvalue weighted by atomic mass is 35.5. The number of carbonyl (C=O) groups is 1. The second-order valence-corrected chi connectivity index (χ2v) is 7.88. The molecule has 7 nitrogen and oxygen atoms in total. The van der Waals surface area contributed by atoms with Gasteiger partial charge >= 0.3 is 6.09 Å². The summed E-state index contributed by atoms with van der Waals surface area (Å²) in [5, 5.41) is 6.42. The Morgan fingerprint density at radius 3 is 2.56 bits per heavy atom. The number of imidazole rings is 1. The van der Waals surface area contributed by atoms with Gasteiger partial charge in [-0.1, -0.05) is 23.2 Å². The maximum atomic E-state index is 12.2. The maximum absolute atomic E-state index is 12.2. The summed E-state index contributed by atoms with van der Waals surface area (Å²) >= 11 is 12.0. The number of hydrogen-bond acceptors (Lipinski definition) is 4. The molecule has 2 rings (SSSR count). The van der Waals surface area contributed by atoms with Gasteiger partial charge in [0.2, 0.25) is 11.9 Å². The second kappa shape index (κ2) is 8.63. The van der Waals surface area contributed by atoms with Crippen molar-refractivity contribution in [1.82, 2.24) is 14.9 Å². The van der Waals surface area contributed by atoms with Gasteiger partial charge in [0.05, 0.1) is 10.0 Å². The molecule has 0 saturated carbocycles. The van der Waals surface area contributed by atoms with E-state index in [1.165, 1.54) is 0 Å². The molecule has 1 amide bonds. The Kier molecular flexibility index (Phi) is 6.73.